The monoisotopic (exact) mass is 332 g/mol. The van der Waals surface area contributed by atoms with Gasteiger partial charge in [0.15, 0.2) is 5.78 Å². The zero-order valence-corrected chi connectivity index (χ0v) is 15.4. The highest BCUT2D eigenvalue weighted by Crippen LogP contribution is 2.05. The minimum Gasteiger partial charge on any atom is -0.497 e. The smallest absolute Gasteiger partial charge is 0.159 e. The third-order valence-corrected chi connectivity index (χ3v) is 2.16. The van der Waals surface area contributed by atoms with E-state index in [2.05, 4.69) is 4.74 Å². The zero-order chi connectivity index (χ0) is 18.8. The minimum absolute atomic E-state index is 0.121. The van der Waals surface area contributed by atoms with Gasteiger partial charge in [0, 0.05) is 19.8 Å². The molecule has 0 aliphatic heterocycles. The first kappa shape index (κ1) is 23.8. The van der Waals surface area contributed by atoms with Gasteiger partial charge >= 0.3 is 0 Å². The van der Waals surface area contributed by atoms with Crippen LogP contribution in [0.2, 0.25) is 0 Å². The number of carbonyl (C=O) groups excluding carboxylic acids is 2. The van der Waals surface area contributed by atoms with Gasteiger partial charge in [-0.25, -0.2) is 0 Å². The normalized spacial score (nSPS) is 8.08. The fourth-order valence-corrected chi connectivity index (χ4v) is 1.23. The Kier molecular flexibility index (Phi) is 16.8. The Labute approximate surface area is 145 Å². The molecule has 132 valence electrons. The molecule has 0 amide bonds. The molecular formula is C20H28O4. The highest BCUT2D eigenvalue weighted by molar-refractivity contribution is 5.93. The second-order valence-electron chi connectivity index (χ2n) is 4.76. The van der Waals surface area contributed by atoms with E-state index in [1.807, 2.05) is 60.7 Å². The van der Waals surface area contributed by atoms with E-state index < -0.39 is 0 Å². The van der Waals surface area contributed by atoms with Gasteiger partial charge < -0.3 is 14.3 Å². The number of para-hydroxylation sites is 1. The summed E-state index contributed by atoms with van der Waals surface area (Å²) in [6.45, 7) is 4.62. The van der Waals surface area contributed by atoms with Crippen molar-refractivity contribution in [1.29, 1.82) is 0 Å². The number of rotatable bonds is 2. The fourth-order valence-electron chi connectivity index (χ4n) is 1.23. The first-order chi connectivity index (χ1) is 11.4. The predicted molar refractivity (Wildman–Crippen MR) is 98.7 cm³/mol. The molecule has 0 aliphatic rings. The molecule has 0 bridgehead atoms. The van der Waals surface area contributed by atoms with Gasteiger partial charge in [-0.05, 0) is 32.9 Å². The lowest BCUT2D eigenvalue weighted by Gasteiger charge is -1.93. The molecule has 0 aliphatic carbocycles. The Morgan fingerprint density at radius 3 is 1.25 bits per heavy atom. The van der Waals surface area contributed by atoms with Crippen molar-refractivity contribution in [1.82, 2.24) is 0 Å². The van der Waals surface area contributed by atoms with E-state index in [0.717, 1.165) is 11.3 Å². The average Bonchev–Trinajstić information content (AvgIpc) is 2.57. The van der Waals surface area contributed by atoms with Crippen LogP contribution in [0.5, 0.6) is 5.75 Å². The molecule has 0 spiro atoms. The molecule has 0 unspecified atom stereocenters. The van der Waals surface area contributed by atoms with Crippen molar-refractivity contribution in [2.75, 3.05) is 21.3 Å². The molecule has 24 heavy (non-hydrogen) atoms. The van der Waals surface area contributed by atoms with E-state index in [1.54, 1.807) is 28.3 Å². The number of hydrogen-bond acceptors (Lipinski definition) is 4. The van der Waals surface area contributed by atoms with Crippen molar-refractivity contribution in [2.45, 2.75) is 20.8 Å². The van der Waals surface area contributed by atoms with Crippen LogP contribution in [-0.4, -0.2) is 32.9 Å². The van der Waals surface area contributed by atoms with Crippen LogP contribution < -0.4 is 4.74 Å². The second-order valence-corrected chi connectivity index (χ2v) is 4.76. The quantitative estimate of drug-likeness (QED) is 0.763. The second kappa shape index (κ2) is 16.9. The van der Waals surface area contributed by atoms with E-state index in [1.165, 1.54) is 13.8 Å². The molecule has 0 saturated heterocycles. The topological polar surface area (TPSA) is 52.6 Å². The maximum Gasteiger partial charge on any atom is 0.159 e. The molecule has 0 heterocycles. The summed E-state index contributed by atoms with van der Waals surface area (Å²) in [6, 6.07) is 18.9. The number of hydrogen-bond donors (Lipinski definition) is 0. The van der Waals surface area contributed by atoms with E-state index in [0.29, 0.717) is 0 Å². The summed E-state index contributed by atoms with van der Waals surface area (Å²) < 4.78 is 9.16. The molecule has 4 nitrogen and oxygen atoms in total. The highest BCUT2D eigenvalue weighted by Gasteiger charge is 1.92. The number of benzene rings is 2. The molecule has 2 rings (SSSR count). The summed E-state index contributed by atoms with van der Waals surface area (Å²) in [5.74, 6) is 1.20. The van der Waals surface area contributed by atoms with Gasteiger partial charge in [0.1, 0.15) is 11.5 Å². The molecular weight excluding hydrogens is 304 g/mol. The molecule has 0 N–H and O–H groups in total. The first-order valence-corrected chi connectivity index (χ1v) is 7.41. The Hall–Kier alpha value is -2.46. The van der Waals surface area contributed by atoms with Crippen LogP contribution in [0.25, 0.3) is 0 Å². The molecule has 0 saturated carbocycles. The Bertz CT molecular complexity index is 532. The number of ether oxygens (including phenoxy) is 2. The van der Waals surface area contributed by atoms with Gasteiger partial charge in [-0.3, -0.25) is 4.79 Å². The van der Waals surface area contributed by atoms with E-state index in [-0.39, 0.29) is 11.6 Å². The van der Waals surface area contributed by atoms with Crippen LogP contribution in [0.1, 0.15) is 31.1 Å². The summed E-state index contributed by atoms with van der Waals surface area (Å²) in [5, 5.41) is 0. The summed E-state index contributed by atoms with van der Waals surface area (Å²) in [4.78, 5) is 20.1. The Morgan fingerprint density at radius 1 is 0.708 bits per heavy atom. The molecule has 0 atom stereocenters. The lowest BCUT2D eigenvalue weighted by atomic mass is 10.2. The van der Waals surface area contributed by atoms with Crippen LogP contribution in [0.3, 0.4) is 0 Å². The summed E-state index contributed by atoms with van der Waals surface area (Å²) in [6.07, 6.45) is 0. The number of ketones is 2. The van der Waals surface area contributed by atoms with E-state index in [9.17, 15) is 9.59 Å². The van der Waals surface area contributed by atoms with Crippen LogP contribution in [-0.2, 0) is 9.53 Å². The summed E-state index contributed by atoms with van der Waals surface area (Å²) >= 11 is 0. The standard InChI is InChI=1S/C8H8O.C7H8O.C3H6O.C2H6O/c1-7(9)8-5-3-2-4-6-8;1-8-7-5-3-2-4-6-7;1-3(2)4;1-3-2/h2-6H,1H3;2-6H,1H3;1-2H3;1-2H3. The Morgan fingerprint density at radius 2 is 1.04 bits per heavy atom. The number of carbonyl (C=O) groups is 2. The number of Topliss-reactive ketones (excluding diaryl/α,β-unsaturated/α-hetero) is 2. The fraction of sp³-hybridized carbons (Fsp3) is 0.300. The number of methoxy groups -OCH3 is 2. The molecule has 2 aromatic carbocycles. The van der Waals surface area contributed by atoms with Crippen molar-refractivity contribution in [3.63, 3.8) is 0 Å². The van der Waals surface area contributed by atoms with Gasteiger partial charge in [0.2, 0.25) is 0 Å². The SMILES string of the molecule is CC(=O)c1ccccc1.CC(C)=O.COC.COc1ccccc1. The Balaban J connectivity index is 0. The minimum atomic E-state index is 0.121. The molecule has 2 aromatic rings. The third-order valence-electron chi connectivity index (χ3n) is 2.16. The van der Waals surface area contributed by atoms with Crippen LogP contribution in [0.4, 0.5) is 0 Å². The van der Waals surface area contributed by atoms with Crippen molar-refractivity contribution in [2.24, 2.45) is 0 Å². The first-order valence-electron chi connectivity index (χ1n) is 7.41. The van der Waals surface area contributed by atoms with Crippen LogP contribution in [0.15, 0.2) is 60.7 Å². The molecule has 0 aromatic heterocycles. The average molecular weight is 332 g/mol. The molecule has 4 heteroatoms. The lowest BCUT2D eigenvalue weighted by molar-refractivity contribution is -0.114. The molecule has 0 fully saturated rings. The predicted octanol–water partition coefficient (Wildman–Crippen LogP) is 4.44. The maximum atomic E-state index is 10.6. The van der Waals surface area contributed by atoms with Gasteiger partial charge in [-0.1, -0.05) is 48.5 Å². The van der Waals surface area contributed by atoms with Gasteiger partial charge in [0.25, 0.3) is 0 Å². The highest BCUT2D eigenvalue weighted by atomic mass is 16.5. The maximum absolute atomic E-state index is 10.6. The van der Waals surface area contributed by atoms with E-state index in [4.69, 9.17) is 4.74 Å². The largest absolute Gasteiger partial charge is 0.497 e. The van der Waals surface area contributed by atoms with Gasteiger partial charge in [-0.15, -0.1) is 0 Å². The lowest BCUT2D eigenvalue weighted by Crippen LogP contribution is -1.88. The summed E-state index contributed by atoms with van der Waals surface area (Å²) in [7, 11) is 4.91. The van der Waals surface area contributed by atoms with Crippen molar-refractivity contribution in [3.8, 4) is 5.75 Å². The van der Waals surface area contributed by atoms with Gasteiger partial charge in [-0.2, -0.15) is 0 Å². The van der Waals surface area contributed by atoms with Crippen molar-refractivity contribution in [3.05, 3.63) is 66.2 Å². The zero-order valence-electron chi connectivity index (χ0n) is 15.4. The third kappa shape index (κ3) is 17.6. The van der Waals surface area contributed by atoms with Crippen LogP contribution >= 0.6 is 0 Å². The van der Waals surface area contributed by atoms with E-state index >= 15 is 0 Å². The van der Waals surface area contributed by atoms with Gasteiger partial charge in [0.05, 0.1) is 7.11 Å². The van der Waals surface area contributed by atoms with Crippen molar-refractivity contribution >= 4 is 11.6 Å². The summed E-state index contributed by atoms with van der Waals surface area (Å²) in [5.41, 5.74) is 0.775. The van der Waals surface area contributed by atoms with Crippen molar-refractivity contribution < 1.29 is 19.1 Å². The molecule has 0 radical (unpaired) electrons. The van der Waals surface area contributed by atoms with Crippen LogP contribution in [0, 0.1) is 0 Å².